The van der Waals surface area contributed by atoms with Gasteiger partial charge in [-0.25, -0.2) is 0 Å². The summed E-state index contributed by atoms with van der Waals surface area (Å²) in [6, 6.07) is 37.8. The lowest BCUT2D eigenvalue weighted by atomic mass is 9.95. The molecule has 0 aliphatic heterocycles. The van der Waals surface area contributed by atoms with E-state index in [0.29, 0.717) is 0 Å². The van der Waals surface area contributed by atoms with Gasteiger partial charge >= 0.3 is 0 Å². The van der Waals surface area contributed by atoms with Crippen LogP contribution in [0.1, 0.15) is 16.7 Å². The molecule has 0 saturated carbocycles. The van der Waals surface area contributed by atoms with E-state index in [1.165, 1.54) is 26.5 Å². The first-order chi connectivity index (χ1) is 14.3. The van der Waals surface area contributed by atoms with Crippen molar-refractivity contribution < 1.29 is 4.74 Å². The fourth-order valence-electron chi connectivity index (χ4n) is 3.20. The Labute approximate surface area is 176 Å². The first kappa shape index (κ1) is 19.1. The second-order valence-electron chi connectivity index (χ2n) is 6.61. The van der Waals surface area contributed by atoms with Crippen LogP contribution in [0.2, 0.25) is 0 Å². The summed E-state index contributed by atoms with van der Waals surface area (Å²) in [6.45, 7) is 0. The highest BCUT2D eigenvalue weighted by Gasteiger charge is 2.12. The molecule has 0 aliphatic carbocycles. The Morgan fingerprint density at radius 2 is 1.31 bits per heavy atom. The Morgan fingerprint density at radius 1 is 0.690 bits per heavy atom. The van der Waals surface area contributed by atoms with Gasteiger partial charge in [0.2, 0.25) is 0 Å². The second kappa shape index (κ2) is 9.31. The molecule has 0 heterocycles. The number of rotatable bonds is 6. The van der Waals surface area contributed by atoms with E-state index >= 15 is 0 Å². The topological polar surface area (TPSA) is 9.23 Å². The van der Waals surface area contributed by atoms with Gasteiger partial charge in [-0.15, -0.1) is 0 Å². The molecule has 4 rings (SSSR count). The Bertz CT molecular complexity index is 1080. The summed E-state index contributed by atoms with van der Waals surface area (Å²) in [7, 11) is 1.70. The van der Waals surface area contributed by atoms with Crippen molar-refractivity contribution in [3.05, 3.63) is 126 Å². The second-order valence-corrected chi connectivity index (χ2v) is 7.72. The molecule has 4 aromatic carbocycles. The maximum Gasteiger partial charge on any atom is 0.118 e. The van der Waals surface area contributed by atoms with Crippen molar-refractivity contribution in [2.75, 3.05) is 7.11 Å². The number of hydrogen-bond acceptors (Lipinski definition) is 2. The van der Waals surface area contributed by atoms with Crippen LogP contribution >= 0.6 is 11.8 Å². The summed E-state index contributed by atoms with van der Waals surface area (Å²) in [5, 5.41) is 0. The predicted octanol–water partition coefficient (Wildman–Crippen LogP) is 7.44. The molecule has 0 atom stereocenters. The maximum atomic E-state index is 5.35. The standard InChI is InChI=1S/C27H22OS/c1-28-23-18-16-22(17-19-23)26(20-21-10-4-2-5-11-21)25-14-8-9-15-27(25)29-24-12-6-3-7-13-24/h2-20H,1H3/b26-20+. The van der Waals surface area contributed by atoms with Gasteiger partial charge in [0.05, 0.1) is 7.11 Å². The van der Waals surface area contributed by atoms with E-state index in [-0.39, 0.29) is 0 Å². The first-order valence-electron chi connectivity index (χ1n) is 9.57. The number of methoxy groups -OCH3 is 1. The zero-order valence-electron chi connectivity index (χ0n) is 16.3. The molecule has 0 fully saturated rings. The van der Waals surface area contributed by atoms with Gasteiger partial charge in [0, 0.05) is 9.79 Å². The van der Waals surface area contributed by atoms with Gasteiger partial charge in [-0.1, -0.05) is 90.6 Å². The molecule has 0 aromatic heterocycles. The van der Waals surface area contributed by atoms with Crippen LogP contribution in [0.5, 0.6) is 5.75 Å². The van der Waals surface area contributed by atoms with E-state index in [9.17, 15) is 0 Å². The third kappa shape index (κ3) is 4.79. The molecule has 29 heavy (non-hydrogen) atoms. The van der Waals surface area contributed by atoms with E-state index in [4.69, 9.17) is 4.74 Å². The van der Waals surface area contributed by atoms with E-state index in [1.807, 2.05) is 24.3 Å². The van der Waals surface area contributed by atoms with Gasteiger partial charge in [0.1, 0.15) is 5.75 Å². The average Bonchev–Trinajstić information content (AvgIpc) is 2.80. The Kier molecular flexibility index (Phi) is 6.13. The normalized spacial score (nSPS) is 11.3. The van der Waals surface area contributed by atoms with Crippen LogP contribution in [0, 0.1) is 0 Å². The molecule has 4 aromatic rings. The summed E-state index contributed by atoms with van der Waals surface area (Å²) < 4.78 is 5.35. The zero-order chi connectivity index (χ0) is 19.9. The van der Waals surface area contributed by atoms with Crippen molar-refractivity contribution in [3.63, 3.8) is 0 Å². The van der Waals surface area contributed by atoms with Crippen molar-refractivity contribution in [3.8, 4) is 5.75 Å². The quantitative estimate of drug-likeness (QED) is 0.314. The van der Waals surface area contributed by atoms with E-state index < -0.39 is 0 Å². The van der Waals surface area contributed by atoms with Gasteiger partial charge in [-0.3, -0.25) is 0 Å². The number of ether oxygens (including phenoxy) is 1. The number of benzene rings is 4. The summed E-state index contributed by atoms with van der Waals surface area (Å²) >= 11 is 1.79. The van der Waals surface area contributed by atoms with Crippen LogP contribution in [0.15, 0.2) is 119 Å². The van der Waals surface area contributed by atoms with Crippen molar-refractivity contribution in [1.29, 1.82) is 0 Å². The maximum absolute atomic E-state index is 5.35. The highest BCUT2D eigenvalue weighted by atomic mass is 32.2. The van der Waals surface area contributed by atoms with Gasteiger partial charge in [-0.2, -0.15) is 0 Å². The molecule has 0 spiro atoms. The molecular formula is C27H22OS. The molecule has 0 bridgehead atoms. The highest BCUT2D eigenvalue weighted by Crippen LogP contribution is 2.37. The van der Waals surface area contributed by atoms with Crippen molar-refractivity contribution >= 4 is 23.4 Å². The van der Waals surface area contributed by atoms with E-state index in [1.54, 1.807) is 18.9 Å². The van der Waals surface area contributed by atoms with Crippen LogP contribution in [-0.4, -0.2) is 7.11 Å². The van der Waals surface area contributed by atoms with E-state index in [0.717, 1.165) is 11.3 Å². The van der Waals surface area contributed by atoms with Crippen LogP contribution in [0.4, 0.5) is 0 Å². The Morgan fingerprint density at radius 3 is 2.00 bits per heavy atom. The molecule has 0 unspecified atom stereocenters. The minimum absolute atomic E-state index is 0.861. The Balaban J connectivity index is 1.82. The van der Waals surface area contributed by atoms with Crippen molar-refractivity contribution in [2.24, 2.45) is 0 Å². The molecule has 0 N–H and O–H groups in total. The summed E-state index contributed by atoms with van der Waals surface area (Å²) in [5.74, 6) is 0.861. The molecule has 0 radical (unpaired) electrons. The lowest BCUT2D eigenvalue weighted by Crippen LogP contribution is -1.92. The minimum Gasteiger partial charge on any atom is -0.497 e. The minimum atomic E-state index is 0.861. The van der Waals surface area contributed by atoms with Crippen molar-refractivity contribution in [2.45, 2.75) is 9.79 Å². The molecule has 0 amide bonds. The first-order valence-corrected chi connectivity index (χ1v) is 10.4. The van der Waals surface area contributed by atoms with Gasteiger partial charge in [0.15, 0.2) is 0 Å². The number of hydrogen-bond donors (Lipinski definition) is 0. The van der Waals surface area contributed by atoms with Gasteiger partial charge in [-0.05, 0) is 58.7 Å². The SMILES string of the molecule is COc1ccc(/C(=C\c2ccccc2)c2ccccc2Sc2ccccc2)cc1. The molecular weight excluding hydrogens is 372 g/mol. The summed E-state index contributed by atoms with van der Waals surface area (Å²) in [6.07, 6.45) is 2.26. The third-order valence-corrected chi connectivity index (χ3v) is 5.74. The third-order valence-electron chi connectivity index (χ3n) is 4.66. The molecule has 0 saturated heterocycles. The Hall–Kier alpha value is -3.23. The van der Waals surface area contributed by atoms with Crippen LogP contribution < -0.4 is 4.74 Å². The van der Waals surface area contributed by atoms with Gasteiger partial charge in [0.25, 0.3) is 0 Å². The predicted molar refractivity (Wildman–Crippen MR) is 123 cm³/mol. The fourth-order valence-corrected chi connectivity index (χ4v) is 4.18. The average molecular weight is 395 g/mol. The van der Waals surface area contributed by atoms with Crippen LogP contribution in [0.3, 0.4) is 0 Å². The van der Waals surface area contributed by atoms with Gasteiger partial charge < -0.3 is 4.74 Å². The van der Waals surface area contributed by atoms with Crippen LogP contribution in [-0.2, 0) is 0 Å². The fraction of sp³-hybridized carbons (Fsp3) is 0.0370. The molecule has 1 nitrogen and oxygen atoms in total. The summed E-state index contributed by atoms with van der Waals surface area (Å²) in [5.41, 5.74) is 4.75. The monoisotopic (exact) mass is 394 g/mol. The summed E-state index contributed by atoms with van der Waals surface area (Å²) in [4.78, 5) is 2.46. The molecule has 0 aliphatic rings. The highest BCUT2D eigenvalue weighted by molar-refractivity contribution is 7.99. The smallest absolute Gasteiger partial charge is 0.118 e. The van der Waals surface area contributed by atoms with Crippen LogP contribution in [0.25, 0.3) is 11.6 Å². The largest absolute Gasteiger partial charge is 0.497 e. The van der Waals surface area contributed by atoms with Crippen molar-refractivity contribution in [1.82, 2.24) is 0 Å². The lowest BCUT2D eigenvalue weighted by Gasteiger charge is -2.14. The van der Waals surface area contributed by atoms with E-state index in [2.05, 4.69) is 91.0 Å². The molecule has 142 valence electrons. The zero-order valence-corrected chi connectivity index (χ0v) is 17.1. The molecule has 2 heteroatoms. The lowest BCUT2D eigenvalue weighted by molar-refractivity contribution is 0.415.